The first-order chi connectivity index (χ1) is 20.6. The van der Waals surface area contributed by atoms with Crippen LogP contribution in [0.5, 0.6) is 0 Å². The highest BCUT2D eigenvalue weighted by atomic mass is 35.5. The summed E-state index contributed by atoms with van der Waals surface area (Å²) in [7, 11) is 3.27. The normalized spacial score (nSPS) is 15.6. The number of nitrogens with zero attached hydrogens (tertiary/aromatic N) is 3. The molecule has 2 atom stereocenters. The SMILES string of the molecule is COC(=O)CCc1cnc(N2CC[C@H](OC(C)C(=O)Cc3cc(Cl)c(NC(=O)c4cn(C)c5ccccc45)cc3Cl)C2)s1. The number of nitrogens with one attached hydrogen (secondary N) is 1. The van der Waals surface area contributed by atoms with E-state index in [0.29, 0.717) is 41.2 Å². The Morgan fingerprint density at radius 1 is 1.19 bits per heavy atom. The number of fused-ring (bicyclic) bond motifs is 1. The molecule has 0 saturated carbocycles. The Morgan fingerprint density at radius 3 is 2.77 bits per heavy atom. The van der Waals surface area contributed by atoms with E-state index in [-0.39, 0.29) is 35.2 Å². The minimum Gasteiger partial charge on any atom is -0.469 e. The molecule has 9 nitrogen and oxygen atoms in total. The maximum atomic E-state index is 13.1. The fourth-order valence-electron chi connectivity index (χ4n) is 5.13. The van der Waals surface area contributed by atoms with Gasteiger partial charge in [0.1, 0.15) is 6.10 Å². The van der Waals surface area contributed by atoms with Crippen molar-refractivity contribution in [1.29, 1.82) is 0 Å². The van der Waals surface area contributed by atoms with Crippen LogP contribution in [0, 0.1) is 0 Å². The molecule has 1 unspecified atom stereocenters. The van der Waals surface area contributed by atoms with E-state index >= 15 is 0 Å². The maximum absolute atomic E-state index is 13.1. The molecule has 2 aromatic carbocycles. The number of thiazole rings is 1. The molecule has 1 fully saturated rings. The molecule has 3 heterocycles. The van der Waals surface area contributed by atoms with Crippen LogP contribution in [0.4, 0.5) is 10.8 Å². The number of rotatable bonds is 11. The summed E-state index contributed by atoms with van der Waals surface area (Å²) in [6.07, 6.45) is 4.53. The molecule has 4 aromatic rings. The first kappa shape index (κ1) is 31.0. The third kappa shape index (κ3) is 7.21. The number of esters is 1. The number of aryl methyl sites for hydroxylation is 2. The number of hydrogen-bond donors (Lipinski definition) is 1. The van der Waals surface area contributed by atoms with E-state index in [9.17, 15) is 14.4 Å². The second-order valence-corrected chi connectivity index (χ2v) is 12.4. The third-order valence-electron chi connectivity index (χ3n) is 7.50. The van der Waals surface area contributed by atoms with Gasteiger partial charge in [-0.1, -0.05) is 41.4 Å². The number of ether oxygens (including phenoxy) is 2. The summed E-state index contributed by atoms with van der Waals surface area (Å²) in [4.78, 5) is 45.2. The van der Waals surface area contributed by atoms with Crippen molar-refractivity contribution in [3.8, 4) is 0 Å². The standard InChI is InChI=1S/C31H32Cl2N4O5S/c1-18(42-20-10-11-37(16-20)31-34-15-21(43-31)8-9-29(39)41-3)28(38)13-19-12-25(33)26(14-24(19)32)35-30(40)23-17-36(2)27-7-5-4-6-22(23)27/h4-7,12,14-15,17-18,20H,8-11,13,16H2,1-3H3,(H,35,40)/t18?,20-/m0/s1. The van der Waals surface area contributed by atoms with Gasteiger partial charge in [0.25, 0.3) is 5.91 Å². The molecule has 12 heteroatoms. The first-order valence-corrected chi connectivity index (χ1v) is 15.5. The largest absolute Gasteiger partial charge is 0.469 e. The minimum absolute atomic E-state index is 0.0454. The number of para-hydroxylation sites is 1. The van der Waals surface area contributed by atoms with Gasteiger partial charge in [0.05, 0.1) is 35.9 Å². The summed E-state index contributed by atoms with van der Waals surface area (Å²) in [6.45, 7) is 3.13. The highest BCUT2D eigenvalue weighted by Gasteiger charge is 2.29. The molecule has 0 spiro atoms. The first-order valence-electron chi connectivity index (χ1n) is 13.9. The molecule has 0 bridgehead atoms. The van der Waals surface area contributed by atoms with E-state index in [2.05, 4.69) is 15.2 Å². The minimum atomic E-state index is -0.641. The second-order valence-electron chi connectivity index (χ2n) is 10.5. The highest BCUT2D eigenvalue weighted by Crippen LogP contribution is 2.32. The fraction of sp³-hybridized carbons (Fsp3) is 0.355. The monoisotopic (exact) mass is 642 g/mol. The summed E-state index contributed by atoms with van der Waals surface area (Å²) < 4.78 is 12.7. The Morgan fingerprint density at radius 2 is 1.98 bits per heavy atom. The highest BCUT2D eigenvalue weighted by molar-refractivity contribution is 7.15. The van der Waals surface area contributed by atoms with E-state index in [1.807, 2.05) is 35.9 Å². The van der Waals surface area contributed by atoms with Gasteiger partial charge in [0.15, 0.2) is 10.9 Å². The van der Waals surface area contributed by atoms with Gasteiger partial charge < -0.3 is 24.3 Å². The number of anilines is 2. The predicted molar refractivity (Wildman–Crippen MR) is 170 cm³/mol. The molecule has 1 N–H and O–H groups in total. The molecule has 226 valence electrons. The summed E-state index contributed by atoms with van der Waals surface area (Å²) in [6, 6.07) is 10.8. The third-order valence-corrected chi connectivity index (χ3v) is 9.28. The van der Waals surface area contributed by atoms with Gasteiger partial charge in [0.2, 0.25) is 0 Å². The van der Waals surface area contributed by atoms with Crippen LogP contribution >= 0.6 is 34.5 Å². The zero-order chi connectivity index (χ0) is 30.7. The van der Waals surface area contributed by atoms with Crippen LogP contribution in [0.1, 0.15) is 40.6 Å². The number of Topliss-reactive ketones (excluding diaryl/α,β-unsaturated/α-hetero) is 1. The van der Waals surface area contributed by atoms with Gasteiger partial charge in [-0.3, -0.25) is 14.4 Å². The Kier molecular flexibility index (Phi) is 9.71. The lowest BCUT2D eigenvalue weighted by Gasteiger charge is -2.19. The lowest BCUT2D eigenvalue weighted by atomic mass is 10.0. The topological polar surface area (TPSA) is 103 Å². The predicted octanol–water partition coefficient (Wildman–Crippen LogP) is 6.10. The van der Waals surface area contributed by atoms with Crippen LogP contribution in [0.15, 0.2) is 48.8 Å². The van der Waals surface area contributed by atoms with E-state index in [0.717, 1.165) is 33.9 Å². The number of hydrogen-bond acceptors (Lipinski definition) is 8. The zero-order valence-electron chi connectivity index (χ0n) is 24.1. The van der Waals surface area contributed by atoms with Crippen molar-refractivity contribution in [3.63, 3.8) is 0 Å². The quantitative estimate of drug-likeness (QED) is 0.197. The average molecular weight is 644 g/mol. The Labute approximate surface area is 263 Å². The number of carbonyl (C=O) groups is 3. The van der Waals surface area contributed by atoms with Gasteiger partial charge >= 0.3 is 5.97 Å². The zero-order valence-corrected chi connectivity index (χ0v) is 26.4. The molecular weight excluding hydrogens is 611 g/mol. The van der Waals surface area contributed by atoms with Crippen molar-refractivity contribution in [2.45, 2.75) is 44.8 Å². The van der Waals surface area contributed by atoms with Crippen LogP contribution in [-0.2, 0) is 39.0 Å². The summed E-state index contributed by atoms with van der Waals surface area (Å²) in [5.74, 6) is -0.670. The maximum Gasteiger partial charge on any atom is 0.305 e. The molecule has 0 radical (unpaired) electrons. The van der Waals surface area contributed by atoms with Crippen molar-refractivity contribution in [3.05, 3.63) is 74.8 Å². The molecule has 0 aliphatic carbocycles. The molecule has 1 aliphatic heterocycles. The second kappa shape index (κ2) is 13.5. The summed E-state index contributed by atoms with van der Waals surface area (Å²) >= 11 is 14.6. The summed E-state index contributed by atoms with van der Waals surface area (Å²) in [5.41, 5.74) is 2.39. The Balaban J connectivity index is 1.15. The van der Waals surface area contributed by atoms with E-state index in [1.165, 1.54) is 7.11 Å². The van der Waals surface area contributed by atoms with Gasteiger partial charge in [-0.2, -0.15) is 0 Å². The van der Waals surface area contributed by atoms with Crippen molar-refractivity contribution in [2.24, 2.45) is 7.05 Å². The van der Waals surface area contributed by atoms with Crippen LogP contribution < -0.4 is 10.2 Å². The molecule has 1 aliphatic rings. The number of halogens is 2. The number of benzene rings is 2. The number of methoxy groups -OCH3 is 1. The fourth-order valence-corrected chi connectivity index (χ4v) is 6.54. The molecule has 1 saturated heterocycles. The van der Waals surface area contributed by atoms with Gasteiger partial charge in [-0.15, -0.1) is 11.3 Å². The van der Waals surface area contributed by atoms with Crippen LogP contribution in [0.2, 0.25) is 10.0 Å². The van der Waals surface area contributed by atoms with Crippen molar-refractivity contribution in [2.75, 3.05) is 30.4 Å². The molecule has 2 aromatic heterocycles. The average Bonchev–Trinajstić information content (AvgIpc) is 3.73. The summed E-state index contributed by atoms with van der Waals surface area (Å²) in [5, 5.41) is 5.17. The Hall–Kier alpha value is -3.44. The van der Waals surface area contributed by atoms with Crippen LogP contribution in [-0.4, -0.2) is 59.6 Å². The molecule has 1 amide bonds. The van der Waals surface area contributed by atoms with Crippen LogP contribution in [0.25, 0.3) is 10.9 Å². The lowest BCUT2D eigenvalue weighted by molar-refractivity contribution is -0.140. The van der Waals surface area contributed by atoms with E-state index in [4.69, 9.17) is 32.7 Å². The number of ketones is 1. The van der Waals surface area contributed by atoms with Crippen molar-refractivity contribution < 1.29 is 23.9 Å². The van der Waals surface area contributed by atoms with Gasteiger partial charge in [-0.05, 0) is 43.5 Å². The smallest absolute Gasteiger partial charge is 0.305 e. The van der Waals surface area contributed by atoms with Crippen LogP contribution in [0.3, 0.4) is 0 Å². The van der Waals surface area contributed by atoms with E-state index in [1.54, 1.807) is 42.8 Å². The Bertz CT molecular complexity index is 1670. The number of amides is 1. The van der Waals surface area contributed by atoms with Crippen molar-refractivity contribution in [1.82, 2.24) is 9.55 Å². The van der Waals surface area contributed by atoms with Crippen molar-refractivity contribution >= 4 is 73.9 Å². The van der Waals surface area contributed by atoms with Gasteiger partial charge in [0, 0.05) is 59.8 Å². The molecule has 43 heavy (non-hydrogen) atoms. The number of carbonyl (C=O) groups excluding carboxylic acids is 3. The van der Waals surface area contributed by atoms with Gasteiger partial charge in [-0.25, -0.2) is 4.98 Å². The van der Waals surface area contributed by atoms with E-state index < -0.39 is 6.10 Å². The number of aromatic nitrogens is 2. The lowest BCUT2D eigenvalue weighted by Crippen LogP contribution is -2.30. The molecular formula is C31H32Cl2N4O5S. The molecule has 5 rings (SSSR count).